The van der Waals surface area contributed by atoms with E-state index in [1.165, 1.54) is 22.3 Å². The third-order valence-electron chi connectivity index (χ3n) is 11.2. The molecule has 50 heavy (non-hydrogen) atoms. The molecule has 0 N–H and O–H groups in total. The summed E-state index contributed by atoms with van der Waals surface area (Å²) in [6.45, 7) is 7.65. The molecule has 0 bridgehead atoms. The fourth-order valence-electron chi connectivity index (χ4n) is 8.56. The smallest absolute Gasteiger partial charge is 0.311 e. The van der Waals surface area contributed by atoms with Crippen molar-refractivity contribution in [3.8, 4) is 33.4 Å². The van der Waals surface area contributed by atoms with Crippen molar-refractivity contribution in [2.24, 2.45) is 11.8 Å². The lowest BCUT2D eigenvalue weighted by atomic mass is 9.92. The Hall–Kier alpha value is -3.68. The van der Waals surface area contributed by atoms with Gasteiger partial charge in [-0.05, 0) is 72.9 Å². The largest absolute Gasteiger partial charge is 0.466 e. The Morgan fingerprint density at radius 1 is 0.620 bits per heavy atom. The molecule has 8 heteroatoms. The van der Waals surface area contributed by atoms with Crippen LogP contribution in [0.4, 0.5) is 0 Å². The summed E-state index contributed by atoms with van der Waals surface area (Å²) in [6, 6.07) is 26.5. The number of hydrogen-bond acceptors (Lipinski definition) is 6. The molecule has 2 heterocycles. The molecule has 4 aliphatic rings. The highest BCUT2D eigenvalue weighted by Gasteiger charge is 2.41. The van der Waals surface area contributed by atoms with Crippen molar-refractivity contribution in [3.05, 3.63) is 105 Å². The van der Waals surface area contributed by atoms with E-state index in [2.05, 4.69) is 70.5 Å². The molecule has 2 aliphatic heterocycles. The summed E-state index contributed by atoms with van der Waals surface area (Å²) in [6.07, 6.45) is 4.13. The number of carbonyl (C=O) groups is 2. The Bertz CT molecular complexity index is 1820. The van der Waals surface area contributed by atoms with Gasteiger partial charge in [-0.1, -0.05) is 96.0 Å². The lowest BCUT2D eigenvalue weighted by Gasteiger charge is -2.42. The summed E-state index contributed by atoms with van der Waals surface area (Å²) in [5, 5.41) is 1.38. The molecule has 2 saturated heterocycles. The Morgan fingerprint density at radius 3 is 1.42 bits per heavy atom. The highest BCUT2D eigenvalue weighted by molar-refractivity contribution is 6.39. The van der Waals surface area contributed by atoms with Crippen LogP contribution in [-0.4, -0.2) is 61.1 Å². The number of aryl methyl sites for hydroxylation is 2. The van der Waals surface area contributed by atoms with Crippen LogP contribution >= 0.6 is 23.2 Å². The van der Waals surface area contributed by atoms with Crippen molar-refractivity contribution in [1.82, 2.24) is 9.80 Å². The van der Waals surface area contributed by atoms with Gasteiger partial charge in [0.15, 0.2) is 0 Å². The number of nitrogens with zero attached hydrogens (tertiary/aromatic N) is 2. The summed E-state index contributed by atoms with van der Waals surface area (Å²) >= 11 is 14.5. The first-order valence-corrected chi connectivity index (χ1v) is 18.7. The molecule has 1 unspecified atom stereocenters. The van der Waals surface area contributed by atoms with Crippen LogP contribution in [-0.2, 0) is 31.9 Å². The number of benzene rings is 4. The lowest BCUT2D eigenvalue weighted by molar-refractivity contribution is -0.156. The Labute approximate surface area is 304 Å². The third kappa shape index (κ3) is 5.94. The maximum absolute atomic E-state index is 12.1. The summed E-state index contributed by atoms with van der Waals surface area (Å²) < 4.78 is 10.5. The molecule has 0 amide bonds. The van der Waals surface area contributed by atoms with Crippen molar-refractivity contribution in [2.45, 2.75) is 51.6 Å². The molecule has 4 aromatic carbocycles. The van der Waals surface area contributed by atoms with E-state index < -0.39 is 0 Å². The third-order valence-corrected chi connectivity index (χ3v) is 12.0. The van der Waals surface area contributed by atoms with Gasteiger partial charge in [0.2, 0.25) is 0 Å². The first-order valence-electron chi connectivity index (χ1n) is 18.0. The number of likely N-dealkylation sites (tertiary alicyclic amines) is 2. The van der Waals surface area contributed by atoms with Gasteiger partial charge in [0.1, 0.15) is 0 Å². The number of esters is 2. The van der Waals surface area contributed by atoms with Crippen LogP contribution in [0.1, 0.15) is 61.0 Å². The molecule has 0 saturated carbocycles. The summed E-state index contributed by atoms with van der Waals surface area (Å²) in [4.78, 5) is 29.1. The Morgan fingerprint density at radius 2 is 1.02 bits per heavy atom. The predicted octanol–water partition coefficient (Wildman–Crippen LogP) is 8.96. The maximum atomic E-state index is 12.1. The molecule has 0 radical (unpaired) electrons. The van der Waals surface area contributed by atoms with Crippen molar-refractivity contribution >= 4 is 35.1 Å². The number of rotatable bonds is 9. The number of carbonyl (C=O) groups excluding carboxylic acids is 2. The highest BCUT2D eigenvalue weighted by Crippen LogP contribution is 2.46. The van der Waals surface area contributed by atoms with Crippen LogP contribution in [0.15, 0.2) is 72.8 Å². The van der Waals surface area contributed by atoms with Gasteiger partial charge in [-0.15, -0.1) is 0 Å². The molecular formula is C42H42Cl2N2O4. The van der Waals surface area contributed by atoms with Crippen molar-refractivity contribution in [2.75, 3.05) is 39.4 Å². The SMILES string of the molecule is CCOC(=O)C1CN(C2CCc3cc(-c4cccc(-c5cccc(-c6ccc7c(c6)CC[C@@H]7N6CC(C(=O)OCC)C6)c5Cl)c4Cl)ccc32)C1. The maximum Gasteiger partial charge on any atom is 0.311 e. The quantitative estimate of drug-likeness (QED) is 0.162. The van der Waals surface area contributed by atoms with Crippen molar-refractivity contribution < 1.29 is 19.1 Å². The van der Waals surface area contributed by atoms with Crippen LogP contribution in [0.25, 0.3) is 33.4 Å². The normalized spacial score (nSPS) is 20.6. The van der Waals surface area contributed by atoms with E-state index >= 15 is 0 Å². The monoisotopic (exact) mass is 708 g/mol. The van der Waals surface area contributed by atoms with Crippen molar-refractivity contribution in [3.63, 3.8) is 0 Å². The van der Waals surface area contributed by atoms with Gasteiger partial charge in [0.05, 0.1) is 35.1 Å². The van der Waals surface area contributed by atoms with Gasteiger partial charge in [-0.2, -0.15) is 0 Å². The fourth-order valence-corrected chi connectivity index (χ4v) is 9.24. The highest BCUT2D eigenvalue weighted by atomic mass is 35.5. The van der Waals surface area contributed by atoms with Gasteiger partial charge in [0, 0.05) is 60.5 Å². The summed E-state index contributed by atoms with van der Waals surface area (Å²) in [5.41, 5.74) is 11.4. The number of halogens is 2. The Balaban J connectivity index is 1.01. The average molecular weight is 710 g/mol. The first-order chi connectivity index (χ1) is 24.3. The van der Waals surface area contributed by atoms with Crippen LogP contribution in [0.3, 0.4) is 0 Å². The number of fused-ring (bicyclic) bond motifs is 2. The van der Waals surface area contributed by atoms with Crippen LogP contribution < -0.4 is 0 Å². The van der Waals surface area contributed by atoms with Gasteiger partial charge >= 0.3 is 11.9 Å². The minimum absolute atomic E-state index is 0.0102. The number of ether oxygens (including phenoxy) is 2. The minimum Gasteiger partial charge on any atom is -0.466 e. The molecular weight excluding hydrogens is 667 g/mol. The van der Waals surface area contributed by atoms with Gasteiger partial charge in [-0.25, -0.2) is 0 Å². The van der Waals surface area contributed by atoms with E-state index in [1.54, 1.807) is 0 Å². The zero-order valence-corrected chi connectivity index (χ0v) is 30.1. The second-order valence-electron chi connectivity index (χ2n) is 14.1. The molecule has 6 nitrogen and oxygen atoms in total. The topological polar surface area (TPSA) is 59.1 Å². The number of hydrogen-bond donors (Lipinski definition) is 0. The molecule has 2 atom stereocenters. The van der Waals surface area contributed by atoms with E-state index in [4.69, 9.17) is 32.7 Å². The standard InChI is InChI=1S/C42H42Cl2N2O4/c1-3-49-41(47)29-21-45(22-29)37-17-13-25-19-27(11-15-31(25)37)33-7-5-9-35(39(33)43)36-10-6-8-34(40(36)44)28-12-16-32-26(20-28)14-18-38(32)46-23-30(24-46)42(48)50-4-2/h5-12,15-16,19-20,29-30,37-38H,3-4,13-14,17-18,21-24H2,1-2H3/t37-,38?/m0/s1. The van der Waals surface area contributed by atoms with Crippen LogP contribution in [0.5, 0.6) is 0 Å². The molecule has 0 spiro atoms. The van der Waals surface area contributed by atoms with E-state index in [-0.39, 0.29) is 23.8 Å². The van der Waals surface area contributed by atoms with Crippen LogP contribution in [0, 0.1) is 11.8 Å². The molecule has 8 rings (SSSR count). The fraction of sp³-hybridized carbons (Fsp3) is 0.381. The lowest BCUT2D eigenvalue weighted by Crippen LogP contribution is -2.51. The molecule has 0 aromatic heterocycles. The minimum atomic E-state index is -0.0757. The van der Waals surface area contributed by atoms with Gasteiger partial charge in [-0.3, -0.25) is 19.4 Å². The summed E-state index contributed by atoms with van der Waals surface area (Å²) in [5.74, 6) is -0.172. The van der Waals surface area contributed by atoms with E-state index in [0.29, 0.717) is 35.3 Å². The van der Waals surface area contributed by atoms with E-state index in [1.807, 2.05) is 26.0 Å². The molecule has 2 fully saturated rings. The van der Waals surface area contributed by atoms with Gasteiger partial charge in [0.25, 0.3) is 0 Å². The second-order valence-corrected chi connectivity index (χ2v) is 14.8. The zero-order valence-electron chi connectivity index (χ0n) is 28.6. The van der Waals surface area contributed by atoms with E-state index in [9.17, 15) is 9.59 Å². The molecule has 2 aliphatic carbocycles. The molecule has 4 aromatic rings. The van der Waals surface area contributed by atoms with Crippen LogP contribution in [0.2, 0.25) is 10.0 Å². The summed E-state index contributed by atoms with van der Waals surface area (Å²) in [7, 11) is 0. The Kier molecular flexibility index (Phi) is 9.24. The van der Waals surface area contributed by atoms with E-state index in [0.717, 1.165) is 85.2 Å². The first kappa shape index (κ1) is 33.5. The predicted molar refractivity (Wildman–Crippen MR) is 198 cm³/mol. The second kappa shape index (κ2) is 13.8. The average Bonchev–Trinajstić information content (AvgIpc) is 3.68. The molecule has 258 valence electrons. The van der Waals surface area contributed by atoms with Crippen molar-refractivity contribution in [1.29, 1.82) is 0 Å². The van der Waals surface area contributed by atoms with Gasteiger partial charge < -0.3 is 9.47 Å². The zero-order chi connectivity index (χ0) is 34.5.